The molecule has 3 N–H and O–H groups in total. The lowest BCUT2D eigenvalue weighted by atomic mass is 10.3. The summed E-state index contributed by atoms with van der Waals surface area (Å²) in [5.41, 5.74) is 2.14. The normalized spacial score (nSPS) is 10.6. The zero-order chi connectivity index (χ0) is 9.80. The second-order valence-electron chi connectivity index (χ2n) is 3.22. The molecule has 0 aliphatic rings. The van der Waals surface area contributed by atoms with Crippen LogP contribution in [0.2, 0.25) is 0 Å². The van der Waals surface area contributed by atoms with Crippen LogP contribution in [0.15, 0.2) is 36.9 Å². The Bertz CT molecular complexity index is 398. The Balaban J connectivity index is 2.14. The van der Waals surface area contributed by atoms with Crippen LogP contribution in [0.3, 0.4) is 0 Å². The molecule has 0 unspecified atom stereocenters. The molecule has 0 fully saturated rings. The van der Waals surface area contributed by atoms with Crippen LogP contribution in [-0.2, 0) is 6.54 Å². The molecule has 72 valence electrons. The third kappa shape index (κ3) is 1.83. The molecule has 1 aromatic heterocycles. The second-order valence-corrected chi connectivity index (χ2v) is 3.22. The fourth-order valence-corrected chi connectivity index (χ4v) is 1.44. The summed E-state index contributed by atoms with van der Waals surface area (Å²) < 4.78 is 0. The maximum atomic E-state index is 4.46. The Hall–Kier alpha value is -1.61. The number of hydrogen-bond donors (Lipinski definition) is 2. The number of nitrogens with two attached hydrogens (primary N) is 1. The molecule has 0 bridgehead atoms. The zero-order valence-corrected chi connectivity index (χ0v) is 8.03. The number of quaternary nitrogens is 1. The zero-order valence-electron chi connectivity index (χ0n) is 8.03. The van der Waals surface area contributed by atoms with Crippen LogP contribution in [0.1, 0.15) is 5.82 Å². The van der Waals surface area contributed by atoms with Crippen LogP contribution in [0.5, 0.6) is 0 Å². The molecule has 1 aromatic carbocycles. The number of nitrogens with zero attached hydrogens (tertiary/aromatic N) is 1. The van der Waals surface area contributed by atoms with E-state index in [1.807, 2.05) is 30.3 Å². The molecule has 0 spiro atoms. The maximum absolute atomic E-state index is 4.46. The Labute approximate surface area is 82.9 Å². The molecule has 0 saturated carbocycles. The summed E-state index contributed by atoms with van der Waals surface area (Å²) in [6.07, 6.45) is 1.89. The quantitative estimate of drug-likeness (QED) is 0.541. The van der Waals surface area contributed by atoms with Crippen molar-refractivity contribution in [3.05, 3.63) is 42.7 Å². The summed E-state index contributed by atoms with van der Waals surface area (Å²) in [4.78, 5) is 7.74. The molecule has 0 aliphatic heterocycles. The molecule has 3 heteroatoms. The summed E-state index contributed by atoms with van der Waals surface area (Å²) in [5.74, 6) is 1.02. The maximum Gasteiger partial charge on any atom is 0.162 e. The lowest BCUT2D eigenvalue weighted by Gasteiger charge is -1.92. The lowest BCUT2D eigenvalue weighted by molar-refractivity contribution is -0.662. The molecule has 2 rings (SSSR count). The van der Waals surface area contributed by atoms with Gasteiger partial charge in [0.2, 0.25) is 0 Å². The largest absolute Gasteiger partial charge is 0.337 e. The van der Waals surface area contributed by atoms with Crippen LogP contribution in [-0.4, -0.2) is 16.5 Å². The van der Waals surface area contributed by atoms with Gasteiger partial charge in [-0.15, -0.1) is 0 Å². The van der Waals surface area contributed by atoms with E-state index < -0.39 is 0 Å². The van der Waals surface area contributed by atoms with E-state index in [-0.39, 0.29) is 0 Å². The molecule has 14 heavy (non-hydrogen) atoms. The summed E-state index contributed by atoms with van der Waals surface area (Å²) in [7, 11) is 0. The molecule has 0 atom stereocenters. The Kier molecular flexibility index (Phi) is 2.60. The molecule has 0 amide bonds. The van der Waals surface area contributed by atoms with Gasteiger partial charge in [-0.05, 0) is 18.2 Å². The fraction of sp³-hybridized carbons (Fsp3) is 0.182. The predicted octanol–water partition coefficient (Wildman–Crippen LogP) is 0.812. The number of rotatable bonds is 4. The van der Waals surface area contributed by atoms with Gasteiger partial charge in [0, 0.05) is 0 Å². The van der Waals surface area contributed by atoms with Gasteiger partial charge in [-0.25, -0.2) is 4.98 Å². The van der Waals surface area contributed by atoms with Crippen LogP contribution in [0.25, 0.3) is 11.0 Å². The third-order valence-electron chi connectivity index (χ3n) is 2.11. The fourth-order valence-electron chi connectivity index (χ4n) is 1.44. The van der Waals surface area contributed by atoms with E-state index in [0.29, 0.717) is 0 Å². The summed E-state index contributed by atoms with van der Waals surface area (Å²) in [6.45, 7) is 5.48. The Morgan fingerprint density at radius 2 is 2.29 bits per heavy atom. The number of benzene rings is 1. The van der Waals surface area contributed by atoms with Gasteiger partial charge in [0.05, 0.1) is 17.6 Å². The van der Waals surface area contributed by atoms with Crippen molar-refractivity contribution in [1.29, 1.82) is 0 Å². The van der Waals surface area contributed by atoms with E-state index >= 15 is 0 Å². The van der Waals surface area contributed by atoms with Gasteiger partial charge in [0.15, 0.2) is 5.82 Å². The minimum atomic E-state index is 0.876. The van der Waals surface area contributed by atoms with Gasteiger partial charge in [-0.2, -0.15) is 0 Å². The topological polar surface area (TPSA) is 45.3 Å². The first-order valence-electron chi connectivity index (χ1n) is 4.76. The van der Waals surface area contributed by atoms with Gasteiger partial charge >= 0.3 is 0 Å². The number of aromatic nitrogens is 2. The number of H-pyrrole nitrogens is 1. The molecular weight excluding hydrogens is 174 g/mol. The highest BCUT2D eigenvalue weighted by atomic mass is 15.0. The highest BCUT2D eigenvalue weighted by Gasteiger charge is 2.01. The standard InChI is InChI=1S/C11H13N3/c1-2-7-12-8-11-13-9-5-3-4-6-10(9)14-11/h2-6,12H,1,7-8H2,(H,13,14)/p+1. The van der Waals surface area contributed by atoms with Crippen LogP contribution < -0.4 is 5.32 Å². The van der Waals surface area contributed by atoms with Crippen molar-refractivity contribution >= 4 is 11.0 Å². The van der Waals surface area contributed by atoms with Gasteiger partial charge in [0.1, 0.15) is 6.54 Å². The van der Waals surface area contributed by atoms with Gasteiger partial charge in [0.25, 0.3) is 0 Å². The Morgan fingerprint density at radius 3 is 3.07 bits per heavy atom. The summed E-state index contributed by atoms with van der Waals surface area (Å²) in [6, 6.07) is 8.07. The number of hydrogen-bond acceptors (Lipinski definition) is 1. The third-order valence-corrected chi connectivity index (χ3v) is 2.11. The first-order valence-corrected chi connectivity index (χ1v) is 4.76. The van der Waals surface area contributed by atoms with Crippen molar-refractivity contribution < 1.29 is 5.32 Å². The van der Waals surface area contributed by atoms with Gasteiger partial charge in [-0.3, -0.25) is 0 Å². The minimum absolute atomic E-state index is 0.876. The monoisotopic (exact) mass is 188 g/mol. The smallest absolute Gasteiger partial charge is 0.162 e. The molecular formula is C11H14N3+. The average Bonchev–Trinajstić information content (AvgIpc) is 2.60. The number of fused-ring (bicyclic) bond motifs is 1. The average molecular weight is 188 g/mol. The first-order chi connectivity index (χ1) is 6.90. The minimum Gasteiger partial charge on any atom is -0.337 e. The van der Waals surface area contributed by atoms with Crippen LogP contribution >= 0.6 is 0 Å². The lowest BCUT2D eigenvalue weighted by Crippen LogP contribution is -2.82. The number of imidazole rings is 1. The molecule has 0 aliphatic carbocycles. The van der Waals surface area contributed by atoms with Crippen molar-refractivity contribution in [1.82, 2.24) is 9.97 Å². The van der Waals surface area contributed by atoms with E-state index in [1.54, 1.807) is 0 Å². The SMILES string of the molecule is C=CC[NH2+]Cc1nc2ccccc2[nH]1. The van der Waals surface area contributed by atoms with E-state index in [4.69, 9.17) is 0 Å². The van der Waals surface area contributed by atoms with Gasteiger partial charge < -0.3 is 10.3 Å². The molecule has 0 radical (unpaired) electrons. The van der Waals surface area contributed by atoms with E-state index in [9.17, 15) is 0 Å². The summed E-state index contributed by atoms with van der Waals surface area (Å²) >= 11 is 0. The number of para-hydroxylation sites is 2. The highest BCUT2D eigenvalue weighted by molar-refractivity contribution is 5.74. The van der Waals surface area contributed by atoms with Gasteiger partial charge in [-0.1, -0.05) is 18.7 Å². The number of aromatic amines is 1. The van der Waals surface area contributed by atoms with Crippen molar-refractivity contribution in [3.8, 4) is 0 Å². The van der Waals surface area contributed by atoms with Crippen molar-refractivity contribution in [3.63, 3.8) is 0 Å². The first kappa shape index (κ1) is 8.97. The number of nitrogens with one attached hydrogen (secondary N) is 1. The Morgan fingerprint density at radius 1 is 1.43 bits per heavy atom. The van der Waals surface area contributed by atoms with E-state index in [2.05, 4.69) is 21.9 Å². The van der Waals surface area contributed by atoms with Crippen molar-refractivity contribution in [2.45, 2.75) is 6.54 Å². The highest BCUT2D eigenvalue weighted by Crippen LogP contribution is 2.08. The van der Waals surface area contributed by atoms with E-state index in [1.165, 1.54) is 0 Å². The van der Waals surface area contributed by atoms with Crippen LogP contribution in [0, 0.1) is 0 Å². The molecule has 2 aromatic rings. The molecule has 3 nitrogen and oxygen atoms in total. The van der Waals surface area contributed by atoms with E-state index in [0.717, 1.165) is 29.9 Å². The summed E-state index contributed by atoms with van der Waals surface area (Å²) in [5, 5.41) is 2.16. The molecule has 0 saturated heterocycles. The van der Waals surface area contributed by atoms with Crippen molar-refractivity contribution in [2.24, 2.45) is 0 Å². The van der Waals surface area contributed by atoms with Crippen molar-refractivity contribution in [2.75, 3.05) is 6.54 Å². The molecule has 1 heterocycles. The predicted molar refractivity (Wildman–Crippen MR) is 56.8 cm³/mol. The van der Waals surface area contributed by atoms with Crippen LogP contribution in [0.4, 0.5) is 0 Å². The second kappa shape index (κ2) is 4.07.